The third-order valence-electron chi connectivity index (χ3n) is 7.27. The van der Waals surface area contributed by atoms with Gasteiger partial charge in [-0.1, -0.05) is 25.5 Å². The van der Waals surface area contributed by atoms with E-state index in [1.54, 1.807) is 6.08 Å². The molecular formula is C21H30O5. The smallest absolute Gasteiger partial charge is 0.336 e. The van der Waals surface area contributed by atoms with Crippen LogP contribution in [0.3, 0.4) is 0 Å². The molecule has 1 heterocycles. The molecule has 0 unspecified atom stereocenters. The number of carboxylic acid groups (broad SMARTS) is 1. The van der Waals surface area contributed by atoms with Crippen molar-refractivity contribution in [1.82, 2.24) is 0 Å². The Morgan fingerprint density at radius 3 is 2.77 bits per heavy atom. The Kier molecular flexibility index (Phi) is 5.04. The Morgan fingerprint density at radius 2 is 2.15 bits per heavy atom. The van der Waals surface area contributed by atoms with Gasteiger partial charge < -0.3 is 14.6 Å². The standard InChI is InChI=1S/C21H30O5/c1-13-6-9-16-20(2,10-5-11-21(16,3)19(23)24)15(13)8-7-14-12-17(25-4)26-18(14)22/h12,15-17H,1,5-11H2,2-4H3,(H,23,24)/t15-,16+,17+,20-,21-/m0/s1. The largest absolute Gasteiger partial charge is 0.481 e. The lowest BCUT2D eigenvalue weighted by atomic mass is 9.46. The molecule has 1 N–H and O–H groups in total. The molecule has 2 saturated carbocycles. The highest BCUT2D eigenvalue weighted by Gasteiger charge is 2.57. The lowest BCUT2D eigenvalue weighted by molar-refractivity contribution is -0.164. The van der Waals surface area contributed by atoms with Gasteiger partial charge in [0, 0.05) is 12.7 Å². The summed E-state index contributed by atoms with van der Waals surface area (Å²) < 4.78 is 10.2. The van der Waals surface area contributed by atoms with Crippen molar-refractivity contribution in [2.45, 2.75) is 65.1 Å². The quantitative estimate of drug-likeness (QED) is 0.589. The first kappa shape index (κ1) is 19.2. The average Bonchev–Trinajstić information content (AvgIpc) is 2.94. The third-order valence-corrected chi connectivity index (χ3v) is 7.27. The van der Waals surface area contributed by atoms with Gasteiger partial charge in [-0.25, -0.2) is 4.79 Å². The summed E-state index contributed by atoms with van der Waals surface area (Å²) in [6, 6.07) is 0. The van der Waals surface area contributed by atoms with Crippen LogP contribution >= 0.6 is 0 Å². The van der Waals surface area contributed by atoms with Gasteiger partial charge in [0.15, 0.2) is 0 Å². The molecule has 0 aromatic rings. The van der Waals surface area contributed by atoms with Crippen molar-refractivity contribution in [1.29, 1.82) is 0 Å². The van der Waals surface area contributed by atoms with Crippen LogP contribution in [0.1, 0.15) is 58.8 Å². The van der Waals surface area contributed by atoms with E-state index in [2.05, 4.69) is 13.5 Å². The first-order valence-corrected chi connectivity index (χ1v) is 9.58. The van der Waals surface area contributed by atoms with E-state index in [0.717, 1.165) is 38.5 Å². The summed E-state index contributed by atoms with van der Waals surface area (Å²) in [4.78, 5) is 24.0. The molecule has 2 fully saturated rings. The highest BCUT2D eigenvalue weighted by atomic mass is 16.7. The summed E-state index contributed by atoms with van der Waals surface area (Å²) in [5.74, 6) is -0.604. The number of hydrogen-bond donors (Lipinski definition) is 1. The number of fused-ring (bicyclic) bond motifs is 1. The number of carbonyl (C=O) groups is 2. The van der Waals surface area contributed by atoms with Gasteiger partial charge in [0.1, 0.15) is 0 Å². The van der Waals surface area contributed by atoms with Gasteiger partial charge in [-0.05, 0) is 68.8 Å². The number of carbonyl (C=O) groups excluding carboxylic acids is 1. The first-order valence-electron chi connectivity index (χ1n) is 9.58. The first-order chi connectivity index (χ1) is 12.2. The van der Waals surface area contributed by atoms with Gasteiger partial charge in [-0.3, -0.25) is 4.79 Å². The predicted octanol–water partition coefficient (Wildman–Crippen LogP) is 4.09. The summed E-state index contributed by atoms with van der Waals surface area (Å²) in [6.45, 7) is 8.47. The molecular weight excluding hydrogens is 332 g/mol. The van der Waals surface area contributed by atoms with E-state index in [4.69, 9.17) is 9.47 Å². The van der Waals surface area contributed by atoms with Crippen LogP contribution in [0.2, 0.25) is 0 Å². The second kappa shape index (κ2) is 6.84. The van der Waals surface area contributed by atoms with Crippen LogP contribution in [0.15, 0.2) is 23.8 Å². The van der Waals surface area contributed by atoms with E-state index in [9.17, 15) is 14.7 Å². The SMILES string of the molecule is C=C1CC[C@@H]2[C@@](C)(CCC[C@]2(C)C(=O)O)[C@H]1CCC1=C[C@H](OC)OC1=O. The van der Waals surface area contributed by atoms with Crippen LogP contribution in [-0.4, -0.2) is 30.4 Å². The van der Waals surface area contributed by atoms with E-state index in [-0.39, 0.29) is 23.2 Å². The maximum Gasteiger partial charge on any atom is 0.336 e. The predicted molar refractivity (Wildman–Crippen MR) is 97.3 cm³/mol. The molecule has 0 aromatic carbocycles. The molecule has 0 spiro atoms. The van der Waals surface area contributed by atoms with Crippen molar-refractivity contribution in [2.75, 3.05) is 7.11 Å². The van der Waals surface area contributed by atoms with Crippen molar-refractivity contribution in [3.63, 3.8) is 0 Å². The Bertz CT molecular complexity index is 651. The van der Waals surface area contributed by atoms with E-state index in [1.165, 1.54) is 12.7 Å². The Hall–Kier alpha value is -1.62. The van der Waals surface area contributed by atoms with E-state index >= 15 is 0 Å². The number of cyclic esters (lactones) is 1. The maximum absolute atomic E-state index is 12.0. The van der Waals surface area contributed by atoms with Crippen LogP contribution in [0, 0.1) is 22.7 Å². The molecule has 0 bridgehead atoms. The minimum atomic E-state index is -0.676. The van der Waals surface area contributed by atoms with Crippen molar-refractivity contribution >= 4 is 11.9 Å². The van der Waals surface area contributed by atoms with Gasteiger partial charge >= 0.3 is 11.9 Å². The van der Waals surface area contributed by atoms with E-state index in [0.29, 0.717) is 12.0 Å². The number of hydrogen-bond acceptors (Lipinski definition) is 4. The van der Waals surface area contributed by atoms with Gasteiger partial charge in [0.25, 0.3) is 0 Å². The minimum absolute atomic E-state index is 0.0789. The van der Waals surface area contributed by atoms with E-state index < -0.39 is 17.7 Å². The third kappa shape index (κ3) is 3.00. The molecule has 26 heavy (non-hydrogen) atoms. The Morgan fingerprint density at radius 1 is 1.42 bits per heavy atom. The summed E-state index contributed by atoms with van der Waals surface area (Å²) in [6.07, 6.45) is 7.05. The van der Waals surface area contributed by atoms with Crippen LogP contribution in [-0.2, 0) is 19.1 Å². The highest BCUT2D eigenvalue weighted by molar-refractivity contribution is 5.90. The van der Waals surface area contributed by atoms with Gasteiger partial charge in [0.2, 0.25) is 6.29 Å². The lowest BCUT2D eigenvalue weighted by Gasteiger charge is -2.57. The zero-order chi connectivity index (χ0) is 19.1. The second-order valence-corrected chi connectivity index (χ2v) is 8.62. The van der Waals surface area contributed by atoms with Crippen LogP contribution in [0.4, 0.5) is 0 Å². The molecule has 0 radical (unpaired) electrons. The van der Waals surface area contributed by atoms with Crippen LogP contribution < -0.4 is 0 Å². The maximum atomic E-state index is 12.0. The Labute approximate surface area is 155 Å². The van der Waals surface area contributed by atoms with Crippen molar-refractivity contribution in [3.8, 4) is 0 Å². The second-order valence-electron chi connectivity index (χ2n) is 8.62. The number of allylic oxidation sites excluding steroid dienone is 1. The summed E-state index contributed by atoms with van der Waals surface area (Å²) in [5.41, 5.74) is 1.11. The molecule has 2 aliphatic carbocycles. The van der Waals surface area contributed by atoms with Crippen LogP contribution in [0.25, 0.3) is 0 Å². The van der Waals surface area contributed by atoms with Crippen molar-refractivity contribution in [2.24, 2.45) is 22.7 Å². The highest BCUT2D eigenvalue weighted by Crippen LogP contribution is 2.62. The number of ether oxygens (including phenoxy) is 2. The van der Waals surface area contributed by atoms with Crippen LogP contribution in [0.5, 0.6) is 0 Å². The number of esters is 1. The Balaban J connectivity index is 1.81. The molecule has 3 aliphatic rings. The molecule has 0 aromatic heterocycles. The molecule has 5 heteroatoms. The molecule has 1 aliphatic heterocycles. The fraction of sp³-hybridized carbons (Fsp3) is 0.714. The lowest BCUT2D eigenvalue weighted by Crippen LogP contribution is -2.53. The summed E-state index contributed by atoms with van der Waals surface area (Å²) in [5, 5.41) is 9.89. The molecule has 5 atom stereocenters. The van der Waals surface area contributed by atoms with Gasteiger partial charge in [-0.2, -0.15) is 0 Å². The number of aliphatic carboxylic acids is 1. The fourth-order valence-corrected chi connectivity index (χ4v) is 5.79. The normalized spacial score (nSPS) is 40.0. The monoisotopic (exact) mass is 362 g/mol. The summed E-state index contributed by atoms with van der Waals surface area (Å²) >= 11 is 0. The van der Waals surface area contributed by atoms with Gasteiger partial charge in [-0.15, -0.1) is 0 Å². The zero-order valence-electron chi connectivity index (χ0n) is 16.0. The van der Waals surface area contributed by atoms with Crippen molar-refractivity contribution < 1.29 is 24.2 Å². The molecule has 144 valence electrons. The minimum Gasteiger partial charge on any atom is -0.481 e. The molecule has 3 rings (SSSR count). The number of methoxy groups -OCH3 is 1. The fourth-order valence-electron chi connectivity index (χ4n) is 5.79. The van der Waals surface area contributed by atoms with E-state index in [1.807, 2.05) is 6.92 Å². The average molecular weight is 362 g/mol. The molecule has 0 saturated heterocycles. The number of carboxylic acids is 1. The molecule has 0 amide bonds. The molecule has 5 nitrogen and oxygen atoms in total. The summed E-state index contributed by atoms with van der Waals surface area (Å²) in [7, 11) is 1.51. The zero-order valence-corrected chi connectivity index (χ0v) is 16.0. The topological polar surface area (TPSA) is 72.8 Å². The van der Waals surface area contributed by atoms with Gasteiger partial charge in [0.05, 0.1) is 5.41 Å². The van der Waals surface area contributed by atoms with Crippen molar-refractivity contribution in [3.05, 3.63) is 23.8 Å². The number of rotatable bonds is 5.